The van der Waals surface area contributed by atoms with Crippen LogP contribution in [0.4, 0.5) is 28.9 Å². The molecule has 0 saturated heterocycles. The van der Waals surface area contributed by atoms with Gasteiger partial charge in [-0.25, -0.2) is 0 Å². The van der Waals surface area contributed by atoms with Gasteiger partial charge in [-0.3, -0.25) is 0 Å². The Kier molecular flexibility index (Phi) is 4.98. The number of hydrogen-bond donors (Lipinski definition) is 2. The average Bonchev–Trinajstić information content (AvgIpc) is 2.58. The highest BCUT2D eigenvalue weighted by Gasteiger charge is 2.59. The van der Waals surface area contributed by atoms with Crippen LogP contribution in [0.1, 0.15) is 22.3 Å². The Morgan fingerprint density at radius 2 is 1.00 bits per heavy atom. The van der Waals surface area contributed by atoms with Gasteiger partial charge in [0.05, 0.1) is 25.6 Å². The van der Waals surface area contributed by atoms with E-state index in [0.29, 0.717) is 0 Å². The quantitative estimate of drug-likeness (QED) is 0.604. The predicted octanol–water partition coefficient (Wildman–Crippen LogP) is 4.37. The molecule has 2 aromatic rings. The minimum atomic E-state index is -4.52. The smallest absolute Gasteiger partial charge is 0.339 e. The molecule has 26 heavy (non-hydrogen) atoms. The number of nitrogens with two attached hydrogens (primary N) is 2. The van der Waals surface area contributed by atoms with E-state index in [1.54, 1.807) is 0 Å². The maximum absolute atomic E-state index is 14.8. The fourth-order valence-corrected chi connectivity index (χ4v) is 2.59. The van der Waals surface area contributed by atoms with E-state index in [4.69, 9.17) is 20.9 Å². The van der Waals surface area contributed by atoms with Gasteiger partial charge in [-0.1, -0.05) is 0 Å². The molecule has 0 aromatic heterocycles. The van der Waals surface area contributed by atoms with Crippen molar-refractivity contribution in [2.24, 2.45) is 0 Å². The van der Waals surface area contributed by atoms with Crippen molar-refractivity contribution in [1.82, 2.24) is 0 Å². The number of methoxy groups -OCH3 is 2. The van der Waals surface area contributed by atoms with E-state index in [1.807, 2.05) is 0 Å². The molecule has 0 aliphatic rings. The molecule has 0 bridgehead atoms. The molecule has 0 spiro atoms. The normalized spacial score (nSPS) is 12.2. The second kappa shape index (κ2) is 6.59. The molecule has 4 nitrogen and oxygen atoms in total. The van der Waals surface area contributed by atoms with E-state index in [0.717, 1.165) is 24.3 Å². The van der Waals surface area contributed by atoms with E-state index < -0.39 is 23.0 Å². The molecule has 0 atom stereocenters. The third kappa shape index (κ3) is 3.00. The summed E-state index contributed by atoms with van der Waals surface area (Å²) in [5.74, 6) is -9.23. The number of hydrogen-bond acceptors (Lipinski definition) is 4. The number of rotatable bonds is 5. The monoisotopic (exact) mass is 372 g/mol. The Balaban J connectivity index is 2.64. The first-order valence-electron chi connectivity index (χ1n) is 7.62. The van der Waals surface area contributed by atoms with Gasteiger partial charge in [-0.15, -0.1) is 0 Å². The Morgan fingerprint density at radius 3 is 1.27 bits per heavy atom. The van der Waals surface area contributed by atoms with E-state index in [2.05, 4.69) is 0 Å². The molecule has 2 aromatic carbocycles. The largest absolute Gasteiger partial charge is 0.495 e. The molecule has 142 valence electrons. The van der Waals surface area contributed by atoms with Crippen molar-refractivity contribution in [1.29, 1.82) is 0 Å². The molecule has 8 heteroatoms. The van der Waals surface area contributed by atoms with E-state index in [-0.39, 0.29) is 34.0 Å². The minimum absolute atomic E-state index is 0.0958. The lowest BCUT2D eigenvalue weighted by Gasteiger charge is -2.29. The molecular formula is C18H20F4N2O2. The Morgan fingerprint density at radius 1 is 0.692 bits per heavy atom. The maximum Gasteiger partial charge on any atom is 0.339 e. The standard InChI is InChI=1S/C18H20F4N2O2/c1-9-5-11(7-13(25-3)15(9)23)17(19,20)18(21,22)12-6-10(2)16(24)14(8-12)26-4/h5-8H,23-24H2,1-4H3. The molecular weight excluding hydrogens is 352 g/mol. The second-order valence-electron chi connectivity index (χ2n) is 5.97. The summed E-state index contributed by atoms with van der Waals surface area (Å²) in [6.45, 7) is 2.87. The number of ether oxygens (including phenoxy) is 2. The summed E-state index contributed by atoms with van der Waals surface area (Å²) < 4.78 is 69.0. The molecule has 0 aliphatic carbocycles. The number of alkyl halides is 4. The Bertz CT molecular complexity index is 769. The van der Waals surface area contributed by atoms with Gasteiger partial charge >= 0.3 is 11.8 Å². The summed E-state index contributed by atoms with van der Waals surface area (Å²) in [4.78, 5) is 0. The summed E-state index contributed by atoms with van der Waals surface area (Å²) in [6.07, 6.45) is 0. The number of halogens is 4. The zero-order valence-electron chi connectivity index (χ0n) is 14.8. The predicted molar refractivity (Wildman–Crippen MR) is 92.1 cm³/mol. The summed E-state index contributed by atoms with van der Waals surface area (Å²) in [5, 5.41) is 0. The van der Waals surface area contributed by atoms with E-state index in [1.165, 1.54) is 28.1 Å². The number of aryl methyl sites for hydroxylation is 2. The number of nitrogen functional groups attached to an aromatic ring is 2. The van der Waals surface area contributed by atoms with Gasteiger partial charge in [0.1, 0.15) is 11.5 Å². The van der Waals surface area contributed by atoms with Crippen molar-refractivity contribution in [3.8, 4) is 11.5 Å². The highest BCUT2D eigenvalue weighted by Crippen LogP contribution is 2.52. The first kappa shape index (κ1) is 19.7. The van der Waals surface area contributed by atoms with Gasteiger partial charge in [0.2, 0.25) is 0 Å². The van der Waals surface area contributed by atoms with Crippen LogP contribution >= 0.6 is 0 Å². The molecule has 0 fully saturated rings. The maximum atomic E-state index is 14.8. The molecule has 0 unspecified atom stereocenters. The van der Waals surface area contributed by atoms with Crippen LogP contribution in [0.3, 0.4) is 0 Å². The fourth-order valence-electron chi connectivity index (χ4n) is 2.59. The first-order chi connectivity index (χ1) is 12.0. The Hall–Kier alpha value is -2.64. The first-order valence-corrected chi connectivity index (χ1v) is 7.62. The van der Waals surface area contributed by atoms with Crippen LogP contribution in [0, 0.1) is 13.8 Å². The van der Waals surface area contributed by atoms with Crippen LogP contribution in [0.2, 0.25) is 0 Å². The fraction of sp³-hybridized carbons (Fsp3) is 0.333. The third-order valence-corrected chi connectivity index (χ3v) is 4.26. The van der Waals surface area contributed by atoms with Crippen molar-refractivity contribution >= 4 is 11.4 Å². The highest BCUT2D eigenvalue weighted by molar-refractivity contribution is 5.62. The number of benzene rings is 2. The lowest BCUT2D eigenvalue weighted by atomic mass is 9.93. The van der Waals surface area contributed by atoms with Crippen LogP contribution in [-0.4, -0.2) is 14.2 Å². The summed E-state index contributed by atoms with van der Waals surface area (Å²) in [7, 11) is 2.44. The van der Waals surface area contributed by atoms with Crippen LogP contribution in [0.5, 0.6) is 11.5 Å². The second-order valence-corrected chi connectivity index (χ2v) is 5.97. The van der Waals surface area contributed by atoms with Crippen molar-refractivity contribution in [2.45, 2.75) is 25.7 Å². The summed E-state index contributed by atoms with van der Waals surface area (Å²) in [5.41, 5.74) is 10.3. The molecule has 0 heterocycles. The molecule has 0 radical (unpaired) electrons. The molecule has 0 amide bonds. The van der Waals surface area contributed by atoms with Crippen molar-refractivity contribution in [3.05, 3.63) is 46.5 Å². The molecule has 4 N–H and O–H groups in total. The SMILES string of the molecule is COc1cc(C(F)(F)C(F)(F)c2cc(C)c(N)c(OC)c2)cc(C)c1N. The summed E-state index contributed by atoms with van der Waals surface area (Å²) in [6, 6.07) is 3.48. The summed E-state index contributed by atoms with van der Waals surface area (Å²) >= 11 is 0. The van der Waals surface area contributed by atoms with Gasteiger partial charge in [-0.05, 0) is 49.2 Å². The Labute approximate surface area is 148 Å². The van der Waals surface area contributed by atoms with Crippen LogP contribution in [-0.2, 0) is 11.8 Å². The lowest BCUT2D eigenvalue weighted by Crippen LogP contribution is -2.36. The van der Waals surface area contributed by atoms with Crippen molar-refractivity contribution < 1.29 is 27.0 Å². The molecule has 0 aliphatic heterocycles. The third-order valence-electron chi connectivity index (χ3n) is 4.26. The van der Waals surface area contributed by atoms with Crippen molar-refractivity contribution in [2.75, 3.05) is 25.7 Å². The van der Waals surface area contributed by atoms with Crippen LogP contribution in [0.15, 0.2) is 24.3 Å². The van der Waals surface area contributed by atoms with Gasteiger partial charge < -0.3 is 20.9 Å². The van der Waals surface area contributed by atoms with Gasteiger partial charge in [0.25, 0.3) is 0 Å². The van der Waals surface area contributed by atoms with Crippen molar-refractivity contribution in [3.63, 3.8) is 0 Å². The topological polar surface area (TPSA) is 70.5 Å². The van der Waals surface area contributed by atoms with E-state index >= 15 is 0 Å². The average molecular weight is 372 g/mol. The van der Waals surface area contributed by atoms with Gasteiger partial charge in [-0.2, -0.15) is 17.6 Å². The van der Waals surface area contributed by atoms with Crippen LogP contribution < -0.4 is 20.9 Å². The molecule has 2 rings (SSSR count). The lowest BCUT2D eigenvalue weighted by molar-refractivity contribution is -0.224. The van der Waals surface area contributed by atoms with Gasteiger partial charge in [0, 0.05) is 11.1 Å². The minimum Gasteiger partial charge on any atom is -0.495 e. The van der Waals surface area contributed by atoms with E-state index in [9.17, 15) is 17.6 Å². The van der Waals surface area contributed by atoms with Gasteiger partial charge in [0.15, 0.2) is 0 Å². The zero-order valence-corrected chi connectivity index (χ0v) is 14.8. The van der Waals surface area contributed by atoms with Crippen LogP contribution in [0.25, 0.3) is 0 Å². The molecule has 0 saturated carbocycles. The zero-order chi connectivity index (χ0) is 19.9. The highest BCUT2D eigenvalue weighted by atomic mass is 19.3. The number of anilines is 2.